The first kappa shape index (κ1) is 14.8. The quantitative estimate of drug-likeness (QED) is 0.816. The van der Waals surface area contributed by atoms with Crippen LogP contribution in [0.1, 0.15) is 32.8 Å². The maximum absolute atomic E-state index is 11.5. The van der Waals surface area contributed by atoms with Crippen molar-refractivity contribution >= 4 is 23.2 Å². The Hall–Kier alpha value is -1.22. The van der Waals surface area contributed by atoms with Crippen LogP contribution < -0.4 is 9.64 Å². The van der Waals surface area contributed by atoms with Gasteiger partial charge in [0.05, 0.1) is 12.3 Å². The Morgan fingerprint density at radius 1 is 1.39 bits per heavy atom. The molecule has 0 heterocycles. The van der Waals surface area contributed by atoms with Crippen molar-refractivity contribution in [1.82, 2.24) is 0 Å². The first-order valence-electron chi connectivity index (χ1n) is 6.21. The first-order chi connectivity index (χ1) is 8.52. The van der Waals surface area contributed by atoms with Gasteiger partial charge in [-0.05, 0) is 24.5 Å². The average molecular weight is 270 g/mol. The third-order valence-electron chi connectivity index (χ3n) is 2.81. The molecule has 0 saturated carbocycles. The van der Waals surface area contributed by atoms with Gasteiger partial charge in [0.25, 0.3) is 0 Å². The molecule has 1 amide bonds. The molecule has 0 N–H and O–H groups in total. The van der Waals surface area contributed by atoms with Crippen LogP contribution in [0, 0.1) is 0 Å². The first-order valence-corrected chi connectivity index (χ1v) is 6.59. The lowest BCUT2D eigenvalue weighted by atomic mass is 10.1. The zero-order valence-corrected chi connectivity index (χ0v) is 12.2. The number of nitrogens with zero attached hydrogens (tertiary/aromatic N) is 1. The van der Waals surface area contributed by atoms with E-state index in [9.17, 15) is 4.79 Å². The molecule has 0 aliphatic rings. The molecule has 0 aromatic heterocycles. The van der Waals surface area contributed by atoms with Crippen LogP contribution in [0.5, 0.6) is 5.75 Å². The number of anilines is 1. The Bertz CT molecular complexity index is 432. The largest absolute Gasteiger partial charge is 0.492 e. The summed E-state index contributed by atoms with van der Waals surface area (Å²) in [6.45, 7) is 6.22. The van der Waals surface area contributed by atoms with Crippen molar-refractivity contribution in [2.24, 2.45) is 0 Å². The fourth-order valence-electron chi connectivity index (χ4n) is 1.71. The summed E-state index contributed by atoms with van der Waals surface area (Å²) < 4.78 is 5.59. The molecule has 0 spiro atoms. The number of carbonyl (C=O) groups excluding carboxylic acids is 1. The van der Waals surface area contributed by atoms with E-state index in [1.54, 1.807) is 11.9 Å². The molecule has 100 valence electrons. The van der Waals surface area contributed by atoms with E-state index in [1.165, 1.54) is 6.92 Å². The molecule has 4 heteroatoms. The van der Waals surface area contributed by atoms with Crippen molar-refractivity contribution in [3.05, 3.63) is 22.7 Å². The third-order valence-corrected chi connectivity index (χ3v) is 3.18. The van der Waals surface area contributed by atoms with Crippen molar-refractivity contribution in [2.75, 3.05) is 18.6 Å². The van der Waals surface area contributed by atoms with Gasteiger partial charge in [-0.1, -0.05) is 31.5 Å². The SMILES string of the molecule is CCCOc1ccc(CC)c(N(C)C(C)=O)c1Cl. The van der Waals surface area contributed by atoms with Gasteiger partial charge in [0.2, 0.25) is 5.91 Å². The molecule has 0 aliphatic heterocycles. The molecule has 0 aliphatic carbocycles. The van der Waals surface area contributed by atoms with Gasteiger partial charge in [-0.3, -0.25) is 4.79 Å². The van der Waals surface area contributed by atoms with Gasteiger partial charge >= 0.3 is 0 Å². The predicted octanol–water partition coefficient (Wildman–Crippen LogP) is 3.67. The van der Waals surface area contributed by atoms with Crippen LogP contribution in [0.25, 0.3) is 0 Å². The van der Waals surface area contributed by atoms with Crippen molar-refractivity contribution in [3.63, 3.8) is 0 Å². The highest BCUT2D eigenvalue weighted by Crippen LogP contribution is 2.37. The second kappa shape index (κ2) is 6.64. The molecule has 0 unspecified atom stereocenters. The van der Waals surface area contributed by atoms with Crippen LogP contribution in [-0.4, -0.2) is 19.6 Å². The van der Waals surface area contributed by atoms with Crippen LogP contribution in [0.3, 0.4) is 0 Å². The lowest BCUT2D eigenvalue weighted by Crippen LogP contribution is -2.24. The van der Waals surface area contributed by atoms with E-state index in [0.29, 0.717) is 17.4 Å². The van der Waals surface area contributed by atoms with Gasteiger partial charge in [0.1, 0.15) is 10.8 Å². The standard InChI is InChI=1S/C14H20ClNO2/c1-5-9-18-12-8-7-11(6-2)14(13(12)15)16(4)10(3)17/h7-8H,5-6,9H2,1-4H3. The van der Waals surface area contributed by atoms with E-state index >= 15 is 0 Å². The monoisotopic (exact) mass is 269 g/mol. The molecular formula is C14H20ClNO2. The van der Waals surface area contributed by atoms with E-state index in [0.717, 1.165) is 24.1 Å². The molecule has 3 nitrogen and oxygen atoms in total. The fourth-order valence-corrected chi connectivity index (χ4v) is 2.08. The van der Waals surface area contributed by atoms with E-state index in [2.05, 4.69) is 0 Å². The molecule has 0 atom stereocenters. The van der Waals surface area contributed by atoms with E-state index in [1.807, 2.05) is 26.0 Å². The van der Waals surface area contributed by atoms with Crippen LogP contribution in [0.2, 0.25) is 5.02 Å². The van der Waals surface area contributed by atoms with Crippen molar-refractivity contribution in [2.45, 2.75) is 33.6 Å². The van der Waals surface area contributed by atoms with Crippen molar-refractivity contribution in [1.29, 1.82) is 0 Å². The molecule has 0 saturated heterocycles. The molecule has 0 bridgehead atoms. The summed E-state index contributed by atoms with van der Waals surface area (Å²) in [7, 11) is 1.73. The van der Waals surface area contributed by atoms with Gasteiger partial charge in [-0.15, -0.1) is 0 Å². The van der Waals surface area contributed by atoms with Gasteiger partial charge in [0.15, 0.2) is 0 Å². The zero-order chi connectivity index (χ0) is 13.7. The highest BCUT2D eigenvalue weighted by Gasteiger charge is 2.17. The Kier molecular flexibility index (Phi) is 5.48. The minimum absolute atomic E-state index is 0.0424. The number of aryl methyl sites for hydroxylation is 1. The summed E-state index contributed by atoms with van der Waals surface area (Å²) in [6, 6.07) is 3.83. The number of amides is 1. The Morgan fingerprint density at radius 3 is 2.56 bits per heavy atom. The molecule has 1 rings (SSSR count). The number of halogens is 1. The molecule has 1 aromatic carbocycles. The minimum Gasteiger partial charge on any atom is -0.492 e. The number of ether oxygens (including phenoxy) is 1. The lowest BCUT2D eigenvalue weighted by Gasteiger charge is -2.22. The predicted molar refractivity (Wildman–Crippen MR) is 75.7 cm³/mol. The molecule has 0 radical (unpaired) electrons. The minimum atomic E-state index is -0.0424. The van der Waals surface area contributed by atoms with Gasteiger partial charge in [0, 0.05) is 14.0 Å². The second-order valence-electron chi connectivity index (χ2n) is 4.17. The summed E-state index contributed by atoms with van der Waals surface area (Å²) in [6.07, 6.45) is 1.74. The maximum atomic E-state index is 11.5. The van der Waals surface area contributed by atoms with Crippen molar-refractivity contribution in [3.8, 4) is 5.75 Å². The number of carbonyl (C=O) groups is 1. The zero-order valence-electron chi connectivity index (χ0n) is 11.4. The van der Waals surface area contributed by atoms with Crippen LogP contribution in [0.4, 0.5) is 5.69 Å². The van der Waals surface area contributed by atoms with E-state index in [-0.39, 0.29) is 5.91 Å². The van der Waals surface area contributed by atoms with Crippen LogP contribution in [-0.2, 0) is 11.2 Å². The Labute approximate surface area is 114 Å². The topological polar surface area (TPSA) is 29.5 Å². The van der Waals surface area contributed by atoms with Crippen LogP contribution >= 0.6 is 11.6 Å². The fraction of sp³-hybridized carbons (Fsp3) is 0.500. The number of benzene rings is 1. The van der Waals surface area contributed by atoms with Crippen molar-refractivity contribution < 1.29 is 9.53 Å². The van der Waals surface area contributed by atoms with E-state index < -0.39 is 0 Å². The molecule has 1 aromatic rings. The molecule has 18 heavy (non-hydrogen) atoms. The third kappa shape index (κ3) is 3.16. The van der Waals surface area contributed by atoms with E-state index in [4.69, 9.17) is 16.3 Å². The second-order valence-corrected chi connectivity index (χ2v) is 4.54. The van der Waals surface area contributed by atoms with Gasteiger partial charge < -0.3 is 9.64 Å². The summed E-state index contributed by atoms with van der Waals surface area (Å²) in [5.74, 6) is 0.595. The van der Waals surface area contributed by atoms with Gasteiger partial charge in [-0.2, -0.15) is 0 Å². The van der Waals surface area contributed by atoms with Gasteiger partial charge in [-0.25, -0.2) is 0 Å². The summed E-state index contributed by atoms with van der Waals surface area (Å²) >= 11 is 6.35. The Morgan fingerprint density at radius 2 is 2.06 bits per heavy atom. The summed E-state index contributed by atoms with van der Waals surface area (Å²) in [5.41, 5.74) is 1.79. The lowest BCUT2D eigenvalue weighted by molar-refractivity contribution is -0.116. The smallest absolute Gasteiger partial charge is 0.223 e. The molecular weight excluding hydrogens is 250 g/mol. The normalized spacial score (nSPS) is 10.3. The highest BCUT2D eigenvalue weighted by atomic mass is 35.5. The number of rotatable bonds is 5. The maximum Gasteiger partial charge on any atom is 0.223 e. The summed E-state index contributed by atoms with van der Waals surface area (Å²) in [5, 5.41) is 0.514. The van der Waals surface area contributed by atoms with Crippen LogP contribution in [0.15, 0.2) is 12.1 Å². The Balaban J connectivity index is 3.22. The number of hydrogen-bond acceptors (Lipinski definition) is 2. The molecule has 0 fully saturated rings. The highest BCUT2D eigenvalue weighted by molar-refractivity contribution is 6.35. The number of hydrogen-bond donors (Lipinski definition) is 0. The average Bonchev–Trinajstić information content (AvgIpc) is 2.36. The summed E-state index contributed by atoms with van der Waals surface area (Å²) in [4.78, 5) is 13.1.